The fourth-order valence-electron chi connectivity index (χ4n) is 0.894. The van der Waals surface area contributed by atoms with Crippen molar-refractivity contribution in [3.8, 4) is 0 Å². The average Bonchev–Trinajstić information content (AvgIpc) is 2.21. The van der Waals surface area contributed by atoms with Gasteiger partial charge in [0.2, 0.25) is 0 Å². The van der Waals surface area contributed by atoms with E-state index >= 15 is 0 Å². The van der Waals surface area contributed by atoms with Crippen LogP contribution >= 0.6 is 11.8 Å². The van der Waals surface area contributed by atoms with Crippen LogP contribution in [0.15, 0.2) is 0 Å². The summed E-state index contributed by atoms with van der Waals surface area (Å²) in [6.07, 6.45) is 1.06. The maximum absolute atomic E-state index is 11.0. The summed E-state index contributed by atoms with van der Waals surface area (Å²) in [5.41, 5.74) is 0. The summed E-state index contributed by atoms with van der Waals surface area (Å²) in [7, 11) is 1.42. The Hall–Kier alpha value is -0.220. The minimum absolute atomic E-state index is 0.0174. The smallest absolute Gasteiger partial charge is 0.309 e. The normalized spacial score (nSPS) is 12.5. The first-order chi connectivity index (χ1) is 6.72. The second-order valence-corrected chi connectivity index (χ2v) is 4.26. The fourth-order valence-corrected chi connectivity index (χ4v) is 1.79. The van der Waals surface area contributed by atoms with E-state index in [4.69, 9.17) is 4.74 Å². The quantitative estimate of drug-likeness (QED) is 0.463. The molecule has 0 heterocycles. The lowest BCUT2D eigenvalue weighted by Gasteiger charge is -2.08. The van der Waals surface area contributed by atoms with Crippen LogP contribution in [0, 0.1) is 5.92 Å². The number of hydrogen-bond donors (Lipinski definition) is 0. The van der Waals surface area contributed by atoms with Crippen LogP contribution in [-0.2, 0) is 14.3 Å². The average molecular weight is 220 g/mol. The number of thioether (sulfide) groups is 1. The molecule has 14 heavy (non-hydrogen) atoms. The Kier molecular flexibility index (Phi) is 9.19. The number of hydrogen-bond acceptors (Lipinski definition) is 4. The second-order valence-electron chi connectivity index (χ2n) is 3.11. The Morgan fingerprint density at radius 2 is 2.14 bits per heavy atom. The van der Waals surface area contributed by atoms with E-state index in [0.717, 1.165) is 31.1 Å². The summed E-state index contributed by atoms with van der Waals surface area (Å²) in [4.78, 5) is 11.0. The molecule has 3 nitrogen and oxygen atoms in total. The maximum atomic E-state index is 11.0. The van der Waals surface area contributed by atoms with Crippen molar-refractivity contribution in [2.24, 2.45) is 5.92 Å². The van der Waals surface area contributed by atoms with Crippen LogP contribution in [0.4, 0.5) is 0 Å². The fraction of sp³-hybridized carbons (Fsp3) is 0.900. The van der Waals surface area contributed by atoms with Gasteiger partial charge in [0.1, 0.15) is 0 Å². The molecule has 0 spiro atoms. The van der Waals surface area contributed by atoms with E-state index in [1.807, 2.05) is 6.92 Å². The lowest BCUT2D eigenvalue weighted by Crippen LogP contribution is -2.15. The van der Waals surface area contributed by atoms with Gasteiger partial charge in [-0.15, -0.1) is 0 Å². The van der Waals surface area contributed by atoms with Crippen LogP contribution < -0.4 is 0 Å². The molecule has 0 amide bonds. The third kappa shape index (κ3) is 7.21. The SMILES string of the molecule is CCCOCCSCC(C)C(=O)OC. The molecule has 0 aromatic rings. The van der Waals surface area contributed by atoms with Gasteiger partial charge in [0, 0.05) is 18.1 Å². The molecule has 0 saturated carbocycles. The largest absolute Gasteiger partial charge is 0.469 e. The summed E-state index contributed by atoms with van der Waals surface area (Å²) in [5, 5.41) is 0. The van der Waals surface area contributed by atoms with Crippen LogP contribution in [0.25, 0.3) is 0 Å². The third-order valence-corrected chi connectivity index (χ3v) is 2.88. The van der Waals surface area contributed by atoms with Gasteiger partial charge in [-0.2, -0.15) is 11.8 Å². The molecular formula is C10H20O3S. The molecule has 0 aromatic heterocycles. The maximum Gasteiger partial charge on any atom is 0.309 e. The summed E-state index contributed by atoms with van der Waals surface area (Å²) < 4.78 is 9.94. The van der Waals surface area contributed by atoms with Crippen LogP contribution in [0.5, 0.6) is 0 Å². The van der Waals surface area contributed by atoms with Crippen LogP contribution in [0.3, 0.4) is 0 Å². The van der Waals surface area contributed by atoms with E-state index in [9.17, 15) is 4.79 Å². The number of carbonyl (C=O) groups excluding carboxylic acids is 1. The molecule has 0 rings (SSSR count). The van der Waals surface area contributed by atoms with Crippen molar-refractivity contribution in [1.82, 2.24) is 0 Å². The highest BCUT2D eigenvalue weighted by Crippen LogP contribution is 2.09. The van der Waals surface area contributed by atoms with Crippen LogP contribution in [-0.4, -0.2) is 37.8 Å². The van der Waals surface area contributed by atoms with Gasteiger partial charge in [0.25, 0.3) is 0 Å². The summed E-state index contributed by atoms with van der Waals surface area (Å²) in [6, 6.07) is 0. The van der Waals surface area contributed by atoms with E-state index < -0.39 is 0 Å². The van der Waals surface area contributed by atoms with Crippen molar-refractivity contribution in [1.29, 1.82) is 0 Å². The van der Waals surface area contributed by atoms with E-state index in [0.29, 0.717) is 0 Å². The van der Waals surface area contributed by atoms with Gasteiger partial charge in [-0.25, -0.2) is 0 Å². The van der Waals surface area contributed by atoms with Crippen molar-refractivity contribution < 1.29 is 14.3 Å². The Labute approximate surface area is 90.5 Å². The highest BCUT2D eigenvalue weighted by atomic mass is 32.2. The number of esters is 1. The van der Waals surface area contributed by atoms with Crippen LogP contribution in [0.2, 0.25) is 0 Å². The molecule has 0 aromatic carbocycles. The third-order valence-electron chi connectivity index (χ3n) is 1.69. The Bertz CT molecular complexity index is 150. The molecule has 0 radical (unpaired) electrons. The molecule has 0 aliphatic rings. The Morgan fingerprint density at radius 1 is 1.43 bits per heavy atom. The molecule has 0 saturated heterocycles. The molecule has 0 aliphatic heterocycles. The topological polar surface area (TPSA) is 35.5 Å². The number of rotatable bonds is 8. The van der Waals surface area contributed by atoms with E-state index in [1.165, 1.54) is 7.11 Å². The van der Waals surface area contributed by atoms with Gasteiger partial charge >= 0.3 is 5.97 Å². The molecule has 0 aliphatic carbocycles. The molecular weight excluding hydrogens is 200 g/mol. The monoisotopic (exact) mass is 220 g/mol. The van der Waals surface area contributed by atoms with Crippen molar-refractivity contribution in [2.45, 2.75) is 20.3 Å². The van der Waals surface area contributed by atoms with Gasteiger partial charge in [-0.1, -0.05) is 13.8 Å². The van der Waals surface area contributed by atoms with Crippen molar-refractivity contribution >= 4 is 17.7 Å². The van der Waals surface area contributed by atoms with E-state index in [1.54, 1.807) is 11.8 Å². The number of ether oxygens (including phenoxy) is 2. The molecule has 1 unspecified atom stereocenters. The highest BCUT2D eigenvalue weighted by molar-refractivity contribution is 7.99. The first-order valence-electron chi connectivity index (χ1n) is 4.95. The molecule has 0 N–H and O–H groups in total. The summed E-state index contributed by atoms with van der Waals surface area (Å²) in [5.74, 6) is 1.60. The van der Waals surface area contributed by atoms with Crippen LogP contribution in [0.1, 0.15) is 20.3 Å². The number of carbonyl (C=O) groups is 1. The zero-order valence-corrected chi connectivity index (χ0v) is 10.1. The Balaban J connectivity index is 3.23. The second kappa shape index (κ2) is 9.34. The minimum atomic E-state index is -0.132. The Morgan fingerprint density at radius 3 is 2.71 bits per heavy atom. The molecule has 84 valence electrons. The standard InChI is InChI=1S/C10H20O3S/c1-4-5-13-6-7-14-8-9(2)10(11)12-3/h9H,4-8H2,1-3H3. The van der Waals surface area contributed by atoms with Crippen molar-refractivity contribution in [2.75, 3.05) is 31.8 Å². The zero-order chi connectivity index (χ0) is 10.8. The van der Waals surface area contributed by atoms with Gasteiger partial charge in [-0.05, 0) is 6.42 Å². The van der Waals surface area contributed by atoms with Gasteiger partial charge in [0.15, 0.2) is 0 Å². The first-order valence-corrected chi connectivity index (χ1v) is 6.11. The molecule has 4 heteroatoms. The molecule has 1 atom stereocenters. The molecule has 0 fully saturated rings. The van der Waals surface area contributed by atoms with Crippen molar-refractivity contribution in [3.63, 3.8) is 0 Å². The van der Waals surface area contributed by atoms with E-state index in [2.05, 4.69) is 11.7 Å². The van der Waals surface area contributed by atoms with E-state index in [-0.39, 0.29) is 11.9 Å². The lowest BCUT2D eigenvalue weighted by atomic mass is 10.2. The summed E-state index contributed by atoms with van der Waals surface area (Å²) >= 11 is 1.73. The zero-order valence-electron chi connectivity index (χ0n) is 9.25. The minimum Gasteiger partial charge on any atom is -0.469 e. The van der Waals surface area contributed by atoms with Gasteiger partial charge in [0.05, 0.1) is 19.6 Å². The first kappa shape index (κ1) is 13.8. The predicted octanol–water partition coefficient (Wildman–Crippen LogP) is 1.96. The van der Waals surface area contributed by atoms with Gasteiger partial charge in [-0.3, -0.25) is 4.79 Å². The highest BCUT2D eigenvalue weighted by Gasteiger charge is 2.12. The van der Waals surface area contributed by atoms with Crippen molar-refractivity contribution in [3.05, 3.63) is 0 Å². The predicted molar refractivity (Wildman–Crippen MR) is 59.6 cm³/mol. The summed E-state index contributed by atoms with van der Waals surface area (Å²) in [6.45, 7) is 5.57. The molecule has 0 bridgehead atoms. The lowest BCUT2D eigenvalue weighted by molar-refractivity contribution is -0.143. The number of methoxy groups -OCH3 is 1. The van der Waals surface area contributed by atoms with Gasteiger partial charge < -0.3 is 9.47 Å².